The van der Waals surface area contributed by atoms with Gasteiger partial charge in [-0.1, -0.05) is 36.4 Å². The van der Waals surface area contributed by atoms with E-state index in [0.29, 0.717) is 71.4 Å². The number of esters is 1. The standard InChI is InChI=1S/C25H28N4O6S.C24H26N4O6S/c1-15-21(16(2)28-25(27-15)35-11-5-8-17-7-4-9-18(30)13-17)23(32)29-19(24(33)34-3)14-26-22(31)20-10-6-12-36-20;1-14-20(22(31)28-18(23(32)33)13-25-21(30)19-9-5-11-35-19)15(2)27-24(26-14)34-10-4-7-16-6-3-8-17(29)12-16/h4,6-7,9-10,12-13,19,30H,5,8,11,14H2,1-3H3,(H,26,31)(H,29,32);3,5-6,8-9,11-12,18,29H,4,7,10,13H2,1-2H3,(H,25,30)(H,28,31)(H,32,33)/t19-;18-/m00/s1. The third-order valence-electron chi connectivity index (χ3n) is 10.3. The van der Waals surface area contributed by atoms with Gasteiger partial charge in [-0.2, -0.15) is 19.9 Å². The molecule has 6 aromatic rings. The Bertz CT molecular complexity index is 2740. The van der Waals surface area contributed by atoms with Crippen LogP contribution in [-0.2, 0) is 27.2 Å². The topological polar surface area (TPSA) is 290 Å². The van der Waals surface area contributed by atoms with E-state index in [9.17, 15) is 44.1 Å². The van der Waals surface area contributed by atoms with Crippen LogP contribution in [0, 0.1) is 27.7 Å². The fourth-order valence-corrected chi connectivity index (χ4v) is 8.12. The molecule has 2 atom stereocenters. The number of carbonyl (C=O) groups is 6. The van der Waals surface area contributed by atoms with E-state index in [-0.39, 0.29) is 53.6 Å². The van der Waals surface area contributed by atoms with Gasteiger partial charge >= 0.3 is 24.0 Å². The minimum Gasteiger partial charge on any atom is -0.508 e. The van der Waals surface area contributed by atoms with E-state index in [1.54, 1.807) is 99.1 Å². The lowest BCUT2D eigenvalue weighted by Gasteiger charge is -2.18. The lowest BCUT2D eigenvalue weighted by Crippen LogP contribution is -2.49. The average molecular weight is 1010 g/mol. The highest BCUT2D eigenvalue weighted by Crippen LogP contribution is 2.19. The van der Waals surface area contributed by atoms with Crippen LogP contribution < -0.4 is 30.7 Å². The number of methoxy groups -OCH3 is 1. The molecule has 22 heteroatoms. The smallest absolute Gasteiger partial charge is 0.330 e. The molecule has 71 heavy (non-hydrogen) atoms. The Morgan fingerprint density at radius 1 is 0.577 bits per heavy atom. The van der Waals surface area contributed by atoms with Crippen molar-refractivity contribution >= 4 is 58.2 Å². The van der Waals surface area contributed by atoms with Crippen LogP contribution in [0.1, 0.15) is 86.8 Å². The average Bonchev–Trinajstić information content (AvgIpc) is 4.08. The highest BCUT2D eigenvalue weighted by atomic mass is 32.1. The molecule has 0 saturated heterocycles. The zero-order valence-electron chi connectivity index (χ0n) is 39.5. The second kappa shape index (κ2) is 26.7. The first-order valence-electron chi connectivity index (χ1n) is 22.1. The van der Waals surface area contributed by atoms with E-state index >= 15 is 0 Å². The van der Waals surface area contributed by atoms with Gasteiger partial charge in [0.05, 0.1) is 64.0 Å². The maximum absolute atomic E-state index is 13.0. The lowest BCUT2D eigenvalue weighted by molar-refractivity contribution is -0.142. The number of rotatable bonds is 22. The van der Waals surface area contributed by atoms with Gasteiger partial charge in [0, 0.05) is 13.1 Å². The molecule has 0 saturated carbocycles. The van der Waals surface area contributed by atoms with Crippen molar-refractivity contribution in [3.05, 3.63) is 138 Å². The maximum atomic E-state index is 13.0. The summed E-state index contributed by atoms with van der Waals surface area (Å²) in [5.74, 6) is -3.55. The van der Waals surface area contributed by atoms with Crippen LogP contribution in [-0.4, -0.2) is 116 Å². The number of benzene rings is 2. The van der Waals surface area contributed by atoms with Gasteiger partial charge in [-0.25, -0.2) is 9.59 Å². The van der Waals surface area contributed by atoms with E-state index in [1.165, 1.54) is 29.8 Å². The van der Waals surface area contributed by atoms with Crippen LogP contribution in [0.5, 0.6) is 23.5 Å². The molecule has 0 bridgehead atoms. The first kappa shape index (κ1) is 54.0. The summed E-state index contributed by atoms with van der Waals surface area (Å²) < 4.78 is 16.0. The van der Waals surface area contributed by atoms with Crippen LogP contribution in [0.15, 0.2) is 83.6 Å². The summed E-state index contributed by atoms with van der Waals surface area (Å²) in [6.07, 6.45) is 2.77. The Morgan fingerprint density at radius 3 is 1.35 bits per heavy atom. The number of phenolic OH excluding ortho intramolecular Hbond substituents is 2. The van der Waals surface area contributed by atoms with E-state index in [1.807, 2.05) is 12.1 Å². The first-order valence-corrected chi connectivity index (χ1v) is 23.9. The number of nitrogens with zero attached hydrogens (tertiary/aromatic N) is 4. The Morgan fingerprint density at radius 2 is 0.986 bits per heavy atom. The quantitative estimate of drug-likeness (QED) is 0.0346. The number of hydrogen-bond acceptors (Lipinski definition) is 17. The predicted octanol–water partition coefficient (Wildman–Crippen LogP) is 5.06. The van der Waals surface area contributed by atoms with E-state index in [4.69, 9.17) is 14.2 Å². The normalized spacial score (nSPS) is 11.5. The minimum absolute atomic E-state index is 0.116. The molecule has 0 spiro atoms. The number of aromatic hydroxyl groups is 2. The summed E-state index contributed by atoms with van der Waals surface area (Å²) in [6.45, 7) is 6.78. The Labute approximate surface area is 416 Å². The number of ether oxygens (including phenoxy) is 3. The molecule has 0 aliphatic rings. The first-order chi connectivity index (χ1) is 34.0. The fourth-order valence-electron chi connectivity index (χ4n) is 6.84. The molecular formula is C49H54N8O12S2. The number of nitrogens with one attached hydrogen (secondary N) is 4. The predicted molar refractivity (Wildman–Crippen MR) is 262 cm³/mol. The van der Waals surface area contributed by atoms with Crippen LogP contribution >= 0.6 is 22.7 Å². The molecular weight excluding hydrogens is 957 g/mol. The number of phenols is 2. The van der Waals surface area contributed by atoms with Gasteiger partial charge in [0.15, 0.2) is 0 Å². The summed E-state index contributed by atoms with van der Waals surface area (Å²) in [5, 5.41) is 42.2. The molecule has 374 valence electrons. The summed E-state index contributed by atoms with van der Waals surface area (Å²) >= 11 is 2.49. The molecule has 2 aromatic carbocycles. The molecule has 6 rings (SSSR count). The third-order valence-corrected chi connectivity index (χ3v) is 12.0. The van der Waals surface area contributed by atoms with Gasteiger partial charge in [-0.05, 0) is 112 Å². The summed E-state index contributed by atoms with van der Waals surface area (Å²) in [6, 6.07) is 18.6. The van der Waals surface area contributed by atoms with Crippen LogP contribution in [0.25, 0.3) is 0 Å². The number of thiophene rings is 2. The lowest BCUT2D eigenvalue weighted by atomic mass is 10.1. The molecule has 0 fully saturated rings. The number of hydrogen-bond donors (Lipinski definition) is 7. The van der Waals surface area contributed by atoms with Crippen LogP contribution in [0.4, 0.5) is 0 Å². The monoisotopic (exact) mass is 1010 g/mol. The number of carbonyl (C=O) groups excluding carboxylic acids is 5. The molecule has 7 N–H and O–H groups in total. The second-order valence-corrected chi connectivity index (χ2v) is 17.5. The van der Waals surface area contributed by atoms with E-state index in [2.05, 4.69) is 41.2 Å². The number of aryl methyl sites for hydroxylation is 6. The Balaban J connectivity index is 0.000000264. The zero-order chi connectivity index (χ0) is 51.5. The molecule has 0 radical (unpaired) electrons. The zero-order valence-corrected chi connectivity index (χ0v) is 41.1. The number of carboxylic acids is 1. The maximum Gasteiger partial charge on any atom is 0.330 e. The molecule has 4 amide bonds. The molecule has 0 aliphatic heterocycles. The van der Waals surface area contributed by atoms with Crippen molar-refractivity contribution in [2.24, 2.45) is 0 Å². The van der Waals surface area contributed by atoms with Crippen molar-refractivity contribution < 1.29 is 58.3 Å². The highest BCUT2D eigenvalue weighted by molar-refractivity contribution is 7.12. The van der Waals surface area contributed by atoms with E-state index < -0.39 is 41.7 Å². The highest BCUT2D eigenvalue weighted by Gasteiger charge is 2.27. The van der Waals surface area contributed by atoms with Gasteiger partial charge in [0.25, 0.3) is 23.6 Å². The summed E-state index contributed by atoms with van der Waals surface area (Å²) in [4.78, 5) is 91.9. The Kier molecular flexibility index (Phi) is 20.3. The van der Waals surface area contributed by atoms with Crippen molar-refractivity contribution in [2.45, 2.75) is 65.5 Å². The van der Waals surface area contributed by atoms with Gasteiger partial charge < -0.3 is 50.8 Å². The molecule has 0 unspecified atom stereocenters. The van der Waals surface area contributed by atoms with Gasteiger partial charge in [0.2, 0.25) is 0 Å². The minimum atomic E-state index is -1.33. The van der Waals surface area contributed by atoms with Crippen molar-refractivity contribution in [1.29, 1.82) is 0 Å². The van der Waals surface area contributed by atoms with Crippen molar-refractivity contribution in [2.75, 3.05) is 33.4 Å². The van der Waals surface area contributed by atoms with E-state index in [0.717, 1.165) is 11.1 Å². The number of aromatic nitrogens is 4. The van der Waals surface area contributed by atoms with Gasteiger partial charge in [-0.15, -0.1) is 22.7 Å². The molecule has 4 aromatic heterocycles. The van der Waals surface area contributed by atoms with Crippen LogP contribution in [0.3, 0.4) is 0 Å². The third kappa shape index (κ3) is 16.6. The van der Waals surface area contributed by atoms with Crippen molar-refractivity contribution in [3.63, 3.8) is 0 Å². The van der Waals surface area contributed by atoms with Crippen molar-refractivity contribution in [1.82, 2.24) is 41.2 Å². The Hall–Kier alpha value is -7.98. The van der Waals surface area contributed by atoms with Crippen molar-refractivity contribution in [3.8, 4) is 23.5 Å². The summed E-state index contributed by atoms with van der Waals surface area (Å²) in [5.41, 5.74) is 3.77. The molecule has 20 nitrogen and oxygen atoms in total. The van der Waals surface area contributed by atoms with Gasteiger partial charge in [-0.3, -0.25) is 19.2 Å². The van der Waals surface area contributed by atoms with Crippen LogP contribution in [0.2, 0.25) is 0 Å². The molecule has 0 aliphatic carbocycles. The summed E-state index contributed by atoms with van der Waals surface area (Å²) in [7, 11) is 1.20. The largest absolute Gasteiger partial charge is 0.508 e. The number of amides is 4. The number of aliphatic carboxylic acids is 1. The second-order valence-electron chi connectivity index (χ2n) is 15.6. The van der Waals surface area contributed by atoms with Gasteiger partial charge in [0.1, 0.15) is 23.6 Å². The number of carboxylic acid groups (broad SMARTS) is 1. The molecule has 4 heterocycles. The SMILES string of the molecule is COC(=O)[C@H](CNC(=O)c1cccs1)NC(=O)c1c(C)nc(OCCCc2cccc(O)c2)nc1C.Cc1nc(OCCCc2cccc(O)c2)nc(C)c1C(=O)N[C@@H](CNC(=O)c1cccs1)C(=O)O. The fraction of sp³-hybridized carbons (Fsp3) is 0.306.